The van der Waals surface area contributed by atoms with Gasteiger partial charge in [-0.25, -0.2) is 0 Å². The number of hydrogen-bond donors (Lipinski definition) is 0. The maximum atomic E-state index is 3.73. The van der Waals surface area contributed by atoms with Gasteiger partial charge in [0.25, 0.3) is 0 Å². The van der Waals surface area contributed by atoms with Gasteiger partial charge in [-0.2, -0.15) is 0 Å². The van der Waals surface area contributed by atoms with Crippen LogP contribution in [0.15, 0.2) is 31.0 Å². The van der Waals surface area contributed by atoms with E-state index in [0.29, 0.717) is 0 Å². The van der Waals surface area contributed by atoms with Crippen LogP contribution in [-0.4, -0.2) is 7.05 Å². The summed E-state index contributed by atoms with van der Waals surface area (Å²) in [6.07, 6.45) is 1.82. The Bertz CT molecular complexity index is 289. The van der Waals surface area contributed by atoms with Gasteiger partial charge in [0.2, 0.25) is 0 Å². The van der Waals surface area contributed by atoms with Crippen LogP contribution >= 0.6 is 0 Å². The molecule has 0 N–H and O–H groups in total. The van der Waals surface area contributed by atoms with Crippen LogP contribution in [0.5, 0.6) is 0 Å². The Morgan fingerprint density at radius 1 is 1.33 bits per heavy atom. The van der Waals surface area contributed by atoms with Crippen molar-refractivity contribution in [1.82, 2.24) is 0 Å². The monoisotopic (exact) mass is 161 g/mol. The summed E-state index contributed by atoms with van der Waals surface area (Å²) in [7, 11) is 2.01. The van der Waals surface area contributed by atoms with Crippen LogP contribution in [0.1, 0.15) is 11.1 Å². The third kappa shape index (κ3) is 1.67. The lowest BCUT2D eigenvalue weighted by Gasteiger charge is -2.16. The van der Waals surface area contributed by atoms with E-state index in [1.165, 1.54) is 16.8 Å². The molecule has 12 heavy (non-hydrogen) atoms. The molecule has 0 aliphatic carbocycles. The molecule has 0 saturated heterocycles. The minimum absolute atomic E-state index is 1.23. The second kappa shape index (κ2) is 3.44. The Labute approximate surface area is 74.3 Å². The average Bonchev–Trinajstić information content (AvgIpc) is 2.08. The first kappa shape index (κ1) is 8.85. The highest BCUT2D eigenvalue weighted by Gasteiger charge is 2.00. The number of hydrogen-bond acceptors (Lipinski definition) is 1. The van der Waals surface area contributed by atoms with E-state index in [1.807, 2.05) is 18.1 Å². The molecule has 1 nitrogen and oxygen atoms in total. The van der Waals surface area contributed by atoms with Crippen LogP contribution in [-0.2, 0) is 0 Å². The van der Waals surface area contributed by atoms with Gasteiger partial charge in [-0.05, 0) is 37.2 Å². The van der Waals surface area contributed by atoms with E-state index in [-0.39, 0.29) is 0 Å². The van der Waals surface area contributed by atoms with Gasteiger partial charge >= 0.3 is 0 Å². The molecule has 64 valence electrons. The first-order valence-corrected chi connectivity index (χ1v) is 4.08. The quantitative estimate of drug-likeness (QED) is 0.644. The van der Waals surface area contributed by atoms with Crippen LogP contribution in [0.3, 0.4) is 0 Å². The second-order valence-corrected chi connectivity index (χ2v) is 3.08. The van der Waals surface area contributed by atoms with E-state index in [2.05, 4.69) is 38.6 Å². The molecule has 0 unspecified atom stereocenters. The molecule has 0 spiro atoms. The van der Waals surface area contributed by atoms with Crippen molar-refractivity contribution in [2.24, 2.45) is 0 Å². The molecular formula is C11H15N. The Kier molecular flexibility index (Phi) is 2.54. The Balaban J connectivity index is 3.12. The molecule has 0 heterocycles. The molecule has 0 bridgehead atoms. The van der Waals surface area contributed by atoms with Crippen LogP contribution < -0.4 is 4.90 Å². The topological polar surface area (TPSA) is 3.24 Å². The summed E-state index contributed by atoms with van der Waals surface area (Å²) >= 11 is 0. The maximum Gasteiger partial charge on any atom is 0.0435 e. The number of nitrogens with zero attached hydrogens (tertiary/aromatic N) is 1. The molecule has 0 fully saturated rings. The zero-order valence-electron chi connectivity index (χ0n) is 7.96. The normalized spacial score (nSPS) is 9.58. The van der Waals surface area contributed by atoms with Crippen molar-refractivity contribution in [2.45, 2.75) is 13.8 Å². The Hall–Kier alpha value is -1.24. The van der Waals surface area contributed by atoms with E-state index in [4.69, 9.17) is 0 Å². The SMILES string of the molecule is C=CN(C)c1cc(C)ccc1C. The molecule has 1 aromatic rings. The lowest BCUT2D eigenvalue weighted by atomic mass is 10.1. The second-order valence-electron chi connectivity index (χ2n) is 3.08. The molecule has 0 radical (unpaired) electrons. The van der Waals surface area contributed by atoms with Crippen molar-refractivity contribution in [1.29, 1.82) is 0 Å². The summed E-state index contributed by atoms with van der Waals surface area (Å²) in [5.41, 5.74) is 3.79. The lowest BCUT2D eigenvalue weighted by molar-refractivity contribution is 1.18. The minimum Gasteiger partial charge on any atom is -0.351 e. The van der Waals surface area contributed by atoms with Gasteiger partial charge in [0, 0.05) is 12.7 Å². The summed E-state index contributed by atoms with van der Waals surface area (Å²) in [4.78, 5) is 2.03. The Morgan fingerprint density at radius 2 is 2.00 bits per heavy atom. The van der Waals surface area contributed by atoms with Gasteiger partial charge in [-0.3, -0.25) is 0 Å². The third-order valence-corrected chi connectivity index (χ3v) is 2.02. The molecule has 0 amide bonds. The number of benzene rings is 1. The van der Waals surface area contributed by atoms with Crippen molar-refractivity contribution < 1.29 is 0 Å². The highest BCUT2D eigenvalue weighted by atomic mass is 15.1. The number of aryl methyl sites for hydroxylation is 2. The van der Waals surface area contributed by atoms with Crippen LogP contribution in [0, 0.1) is 13.8 Å². The zero-order valence-corrected chi connectivity index (χ0v) is 7.96. The average molecular weight is 161 g/mol. The van der Waals surface area contributed by atoms with Crippen LogP contribution in [0.4, 0.5) is 5.69 Å². The summed E-state index contributed by atoms with van der Waals surface area (Å²) < 4.78 is 0. The number of anilines is 1. The fourth-order valence-electron chi connectivity index (χ4n) is 1.20. The molecule has 0 aliphatic rings. The molecular weight excluding hydrogens is 146 g/mol. The predicted molar refractivity (Wildman–Crippen MR) is 54.5 cm³/mol. The van der Waals surface area contributed by atoms with E-state index < -0.39 is 0 Å². The number of rotatable bonds is 2. The van der Waals surface area contributed by atoms with Crippen molar-refractivity contribution in [2.75, 3.05) is 11.9 Å². The summed E-state index contributed by atoms with van der Waals surface area (Å²) in [5, 5.41) is 0. The van der Waals surface area contributed by atoms with Crippen molar-refractivity contribution in [3.63, 3.8) is 0 Å². The van der Waals surface area contributed by atoms with Crippen molar-refractivity contribution in [3.05, 3.63) is 42.1 Å². The third-order valence-electron chi connectivity index (χ3n) is 2.02. The lowest BCUT2D eigenvalue weighted by Crippen LogP contribution is -2.08. The largest absolute Gasteiger partial charge is 0.351 e. The van der Waals surface area contributed by atoms with Crippen LogP contribution in [0.2, 0.25) is 0 Å². The zero-order chi connectivity index (χ0) is 9.14. The van der Waals surface area contributed by atoms with E-state index >= 15 is 0 Å². The van der Waals surface area contributed by atoms with Crippen molar-refractivity contribution in [3.8, 4) is 0 Å². The highest BCUT2D eigenvalue weighted by molar-refractivity contribution is 5.55. The van der Waals surface area contributed by atoms with Crippen molar-refractivity contribution >= 4 is 5.69 Å². The molecule has 1 rings (SSSR count). The van der Waals surface area contributed by atoms with Crippen LogP contribution in [0.25, 0.3) is 0 Å². The van der Waals surface area contributed by atoms with Gasteiger partial charge in [-0.1, -0.05) is 18.7 Å². The van der Waals surface area contributed by atoms with E-state index in [0.717, 1.165) is 0 Å². The van der Waals surface area contributed by atoms with Gasteiger partial charge < -0.3 is 4.90 Å². The fraction of sp³-hybridized carbons (Fsp3) is 0.273. The highest BCUT2D eigenvalue weighted by Crippen LogP contribution is 2.19. The molecule has 0 atom stereocenters. The molecule has 0 aromatic heterocycles. The summed E-state index contributed by atoms with van der Waals surface area (Å²) in [5.74, 6) is 0. The molecule has 0 aliphatic heterocycles. The predicted octanol–water partition coefficient (Wildman–Crippen LogP) is 2.88. The smallest absolute Gasteiger partial charge is 0.0435 e. The van der Waals surface area contributed by atoms with Gasteiger partial charge in [0.15, 0.2) is 0 Å². The Morgan fingerprint density at radius 3 is 2.58 bits per heavy atom. The van der Waals surface area contributed by atoms with Gasteiger partial charge in [0.05, 0.1) is 0 Å². The maximum absolute atomic E-state index is 3.73. The van der Waals surface area contributed by atoms with E-state index in [9.17, 15) is 0 Å². The molecule has 1 aromatic carbocycles. The standard InChI is InChI=1S/C11H15N/c1-5-12(4)11-8-9(2)6-7-10(11)3/h5-8H,1H2,2-4H3. The van der Waals surface area contributed by atoms with Gasteiger partial charge in [-0.15, -0.1) is 0 Å². The first-order valence-electron chi connectivity index (χ1n) is 4.08. The molecule has 0 saturated carbocycles. The van der Waals surface area contributed by atoms with E-state index in [1.54, 1.807) is 0 Å². The summed E-state index contributed by atoms with van der Waals surface area (Å²) in [6.45, 7) is 7.94. The first-order chi connectivity index (χ1) is 5.65. The fourth-order valence-corrected chi connectivity index (χ4v) is 1.20. The summed E-state index contributed by atoms with van der Waals surface area (Å²) in [6, 6.07) is 6.41. The van der Waals surface area contributed by atoms with Gasteiger partial charge in [0.1, 0.15) is 0 Å². The molecule has 1 heteroatoms. The minimum atomic E-state index is 1.23.